The molecule has 4 nitrogen and oxygen atoms in total. The van der Waals surface area contributed by atoms with Gasteiger partial charge in [0.1, 0.15) is 5.69 Å². The highest BCUT2D eigenvalue weighted by Gasteiger charge is 2.04. The van der Waals surface area contributed by atoms with E-state index in [1.165, 1.54) is 6.21 Å². The first-order chi connectivity index (χ1) is 10.2. The number of fused-ring (bicyclic) bond motifs is 1. The fourth-order valence-electron chi connectivity index (χ4n) is 1.77. The highest BCUT2D eigenvalue weighted by molar-refractivity contribution is 6.32. The molecule has 3 rings (SSSR count). The number of nitrogens with zero attached hydrogens (tertiary/aromatic N) is 3. The van der Waals surface area contributed by atoms with Gasteiger partial charge in [0.2, 0.25) is 0 Å². The summed E-state index contributed by atoms with van der Waals surface area (Å²) in [6.45, 7) is 0. The van der Waals surface area contributed by atoms with E-state index >= 15 is 0 Å². The summed E-state index contributed by atoms with van der Waals surface area (Å²) in [7, 11) is 0. The third kappa shape index (κ3) is 3.29. The number of nitrogens with one attached hydrogen (secondary N) is 1. The van der Waals surface area contributed by atoms with Crippen molar-refractivity contribution in [1.82, 2.24) is 9.97 Å². The molecule has 0 fully saturated rings. The minimum absolute atomic E-state index is 0.315. The quantitative estimate of drug-likeness (QED) is 0.576. The molecule has 0 amide bonds. The molecule has 6 heteroatoms. The van der Waals surface area contributed by atoms with E-state index in [1.807, 2.05) is 36.4 Å². The van der Waals surface area contributed by atoms with E-state index in [-0.39, 0.29) is 0 Å². The third-order valence-electron chi connectivity index (χ3n) is 2.78. The number of benzene rings is 2. The molecule has 0 aliphatic heterocycles. The lowest BCUT2D eigenvalue weighted by Gasteiger charge is -2.02. The van der Waals surface area contributed by atoms with E-state index in [2.05, 4.69) is 20.5 Å². The Balaban J connectivity index is 1.82. The zero-order chi connectivity index (χ0) is 14.7. The van der Waals surface area contributed by atoms with Crippen LogP contribution in [-0.2, 0) is 0 Å². The van der Waals surface area contributed by atoms with Gasteiger partial charge in [0.05, 0.1) is 22.9 Å². The van der Waals surface area contributed by atoms with Gasteiger partial charge in [-0.1, -0.05) is 35.3 Å². The number of hydrazone groups is 1. The molecule has 0 bridgehead atoms. The second-order valence-electron chi connectivity index (χ2n) is 4.27. The molecule has 0 spiro atoms. The van der Waals surface area contributed by atoms with Gasteiger partial charge in [0.15, 0.2) is 5.15 Å². The van der Waals surface area contributed by atoms with Crippen LogP contribution in [0.1, 0.15) is 5.69 Å². The van der Waals surface area contributed by atoms with Crippen molar-refractivity contribution in [3.8, 4) is 0 Å². The maximum absolute atomic E-state index is 6.10. The van der Waals surface area contributed by atoms with Gasteiger partial charge in [0.25, 0.3) is 0 Å². The maximum atomic E-state index is 6.10. The summed E-state index contributed by atoms with van der Waals surface area (Å²) in [5.74, 6) is 0. The fraction of sp³-hybridized carbons (Fsp3) is 0. The zero-order valence-electron chi connectivity index (χ0n) is 10.8. The van der Waals surface area contributed by atoms with Gasteiger partial charge in [-0.05, 0) is 36.4 Å². The molecule has 1 heterocycles. The van der Waals surface area contributed by atoms with Gasteiger partial charge in [-0.25, -0.2) is 9.97 Å². The monoisotopic (exact) mass is 316 g/mol. The normalized spacial score (nSPS) is 11.1. The van der Waals surface area contributed by atoms with Gasteiger partial charge in [-0.3, -0.25) is 5.43 Å². The van der Waals surface area contributed by atoms with Gasteiger partial charge in [-0.2, -0.15) is 5.10 Å². The van der Waals surface area contributed by atoms with Crippen molar-refractivity contribution < 1.29 is 0 Å². The molecule has 2 aromatic carbocycles. The summed E-state index contributed by atoms with van der Waals surface area (Å²) in [5.41, 5.74) is 5.74. The Morgan fingerprint density at radius 2 is 1.57 bits per heavy atom. The van der Waals surface area contributed by atoms with E-state index in [1.54, 1.807) is 12.1 Å². The highest BCUT2D eigenvalue weighted by Crippen LogP contribution is 2.16. The minimum atomic E-state index is 0.315. The van der Waals surface area contributed by atoms with Crippen molar-refractivity contribution in [2.45, 2.75) is 0 Å². The number of rotatable bonds is 3. The van der Waals surface area contributed by atoms with Gasteiger partial charge < -0.3 is 0 Å². The van der Waals surface area contributed by atoms with Crippen LogP contribution in [0.25, 0.3) is 11.0 Å². The molecule has 1 N–H and O–H groups in total. The first-order valence-electron chi connectivity index (χ1n) is 6.19. The Labute approximate surface area is 131 Å². The number of halogens is 2. The standard InChI is InChI=1S/C15H10Cl2N4/c16-10-5-7-11(8-6-10)21-18-9-14-15(17)20-13-4-2-1-3-12(13)19-14/h1-9,21H/b18-9+. The summed E-state index contributed by atoms with van der Waals surface area (Å²) in [6.07, 6.45) is 1.54. The first kappa shape index (κ1) is 13.8. The van der Waals surface area contributed by atoms with Crippen LogP contribution in [0.15, 0.2) is 53.6 Å². The largest absolute Gasteiger partial charge is 0.278 e. The number of para-hydroxylation sites is 2. The zero-order valence-corrected chi connectivity index (χ0v) is 12.3. The van der Waals surface area contributed by atoms with Crippen molar-refractivity contribution in [1.29, 1.82) is 0 Å². The molecule has 104 valence electrons. The predicted octanol–water partition coefficient (Wildman–Crippen LogP) is 4.38. The van der Waals surface area contributed by atoms with E-state index < -0.39 is 0 Å². The molecule has 0 unspecified atom stereocenters. The lowest BCUT2D eigenvalue weighted by Crippen LogP contribution is -1.96. The third-order valence-corrected chi connectivity index (χ3v) is 3.31. The lowest BCUT2D eigenvalue weighted by molar-refractivity contribution is 1.26. The minimum Gasteiger partial charge on any atom is -0.278 e. The predicted molar refractivity (Wildman–Crippen MR) is 87.2 cm³/mol. The van der Waals surface area contributed by atoms with Crippen molar-refractivity contribution in [2.24, 2.45) is 5.10 Å². The Bertz CT molecular complexity index is 800. The van der Waals surface area contributed by atoms with Crippen LogP contribution in [0.5, 0.6) is 0 Å². The Hall–Kier alpha value is -2.17. The van der Waals surface area contributed by atoms with E-state index in [0.717, 1.165) is 16.7 Å². The van der Waals surface area contributed by atoms with E-state index in [9.17, 15) is 0 Å². The summed E-state index contributed by atoms with van der Waals surface area (Å²) < 4.78 is 0. The molecular formula is C15H10Cl2N4. The maximum Gasteiger partial charge on any atom is 0.157 e. The van der Waals surface area contributed by atoms with Crippen LogP contribution in [-0.4, -0.2) is 16.2 Å². The van der Waals surface area contributed by atoms with Crippen LogP contribution in [0.3, 0.4) is 0 Å². The average Bonchev–Trinajstić information content (AvgIpc) is 2.50. The fourth-order valence-corrected chi connectivity index (χ4v) is 2.07. The van der Waals surface area contributed by atoms with Crippen LogP contribution < -0.4 is 5.43 Å². The van der Waals surface area contributed by atoms with Crippen LogP contribution in [0.2, 0.25) is 10.2 Å². The van der Waals surface area contributed by atoms with Gasteiger partial charge >= 0.3 is 0 Å². The second-order valence-corrected chi connectivity index (χ2v) is 5.06. The van der Waals surface area contributed by atoms with Gasteiger partial charge in [0, 0.05) is 5.02 Å². The topological polar surface area (TPSA) is 50.2 Å². The van der Waals surface area contributed by atoms with Crippen LogP contribution in [0.4, 0.5) is 5.69 Å². The highest BCUT2D eigenvalue weighted by atomic mass is 35.5. The smallest absolute Gasteiger partial charge is 0.157 e. The van der Waals surface area contributed by atoms with Crippen LogP contribution >= 0.6 is 23.2 Å². The molecule has 0 saturated carbocycles. The van der Waals surface area contributed by atoms with E-state index in [4.69, 9.17) is 23.2 Å². The Morgan fingerprint density at radius 3 is 2.29 bits per heavy atom. The lowest BCUT2D eigenvalue weighted by atomic mass is 10.3. The summed E-state index contributed by atoms with van der Waals surface area (Å²) >= 11 is 11.9. The SMILES string of the molecule is Clc1ccc(N/N=C/c2nc3ccccc3nc2Cl)cc1. The first-order valence-corrected chi connectivity index (χ1v) is 6.95. The summed E-state index contributed by atoms with van der Waals surface area (Å²) in [6, 6.07) is 14.7. The van der Waals surface area contributed by atoms with Gasteiger partial charge in [-0.15, -0.1) is 0 Å². The molecule has 1 aromatic heterocycles. The van der Waals surface area contributed by atoms with Crippen molar-refractivity contribution >= 4 is 46.1 Å². The number of hydrogen-bond donors (Lipinski definition) is 1. The molecule has 0 saturated heterocycles. The Morgan fingerprint density at radius 1 is 0.905 bits per heavy atom. The molecule has 0 aliphatic rings. The molecule has 0 aliphatic carbocycles. The van der Waals surface area contributed by atoms with Crippen molar-refractivity contribution in [3.63, 3.8) is 0 Å². The number of hydrogen-bond acceptors (Lipinski definition) is 4. The molecule has 3 aromatic rings. The molecule has 0 radical (unpaired) electrons. The van der Waals surface area contributed by atoms with Crippen molar-refractivity contribution in [3.05, 3.63) is 64.4 Å². The molecule has 21 heavy (non-hydrogen) atoms. The average molecular weight is 317 g/mol. The Kier molecular flexibility index (Phi) is 3.99. The van der Waals surface area contributed by atoms with Crippen LogP contribution in [0, 0.1) is 0 Å². The number of aromatic nitrogens is 2. The summed E-state index contributed by atoms with van der Waals surface area (Å²) in [5, 5.41) is 5.09. The molecular weight excluding hydrogens is 307 g/mol. The van der Waals surface area contributed by atoms with E-state index in [0.29, 0.717) is 15.9 Å². The molecule has 0 atom stereocenters. The van der Waals surface area contributed by atoms with Crippen molar-refractivity contribution in [2.75, 3.05) is 5.43 Å². The summed E-state index contributed by atoms with van der Waals surface area (Å²) in [4.78, 5) is 8.69. The number of anilines is 1. The second kappa shape index (κ2) is 6.08.